The Hall–Kier alpha value is -2.45. The van der Waals surface area contributed by atoms with Crippen molar-refractivity contribution in [1.29, 1.82) is 0 Å². The lowest BCUT2D eigenvalue weighted by atomic mass is 10.6. The van der Waals surface area contributed by atoms with Crippen molar-refractivity contribution in [1.82, 2.24) is 20.3 Å². The van der Waals surface area contributed by atoms with Crippen LogP contribution in [0.4, 0.5) is 16.4 Å². The molecule has 2 N–H and O–H groups in total. The van der Waals surface area contributed by atoms with Gasteiger partial charge in [0.15, 0.2) is 0 Å². The number of anilines is 1. The number of aromatic nitrogens is 2. The molecule has 0 atom stereocenters. The van der Waals surface area contributed by atoms with E-state index in [1.54, 1.807) is 14.1 Å². The number of nitrogens with one attached hydrogen (secondary N) is 2. The molecule has 0 aliphatic rings. The van der Waals surface area contributed by atoms with Crippen LogP contribution in [-0.4, -0.2) is 39.9 Å². The SMILES string of the molecule is CN(C)C(=O)NNc1ncc([N+](=O)[O-])cn1. The van der Waals surface area contributed by atoms with E-state index in [0.29, 0.717) is 0 Å². The lowest BCUT2D eigenvalue weighted by Gasteiger charge is -2.11. The van der Waals surface area contributed by atoms with Crippen LogP contribution < -0.4 is 10.9 Å². The molecule has 0 saturated carbocycles. The van der Waals surface area contributed by atoms with Gasteiger partial charge in [0.1, 0.15) is 12.4 Å². The fraction of sp³-hybridized carbons (Fsp3) is 0.286. The molecule has 0 fully saturated rings. The maximum absolute atomic E-state index is 11.1. The molecule has 0 radical (unpaired) electrons. The van der Waals surface area contributed by atoms with Gasteiger partial charge < -0.3 is 4.90 Å². The number of rotatable bonds is 3. The molecule has 2 amide bonds. The van der Waals surface area contributed by atoms with E-state index in [-0.39, 0.29) is 17.7 Å². The second kappa shape index (κ2) is 4.87. The normalized spacial score (nSPS) is 9.38. The largest absolute Gasteiger partial charge is 0.335 e. The molecule has 1 aromatic rings. The number of nitrogens with zero attached hydrogens (tertiary/aromatic N) is 4. The van der Waals surface area contributed by atoms with Crippen molar-refractivity contribution in [2.75, 3.05) is 19.5 Å². The maximum atomic E-state index is 11.1. The average Bonchev–Trinajstić information content (AvgIpc) is 2.26. The van der Waals surface area contributed by atoms with Gasteiger partial charge in [-0.1, -0.05) is 0 Å². The van der Waals surface area contributed by atoms with Gasteiger partial charge in [0, 0.05) is 14.1 Å². The summed E-state index contributed by atoms with van der Waals surface area (Å²) in [5, 5.41) is 10.3. The Labute approximate surface area is 90.6 Å². The summed E-state index contributed by atoms with van der Waals surface area (Å²) < 4.78 is 0. The molecule has 86 valence electrons. The van der Waals surface area contributed by atoms with Crippen molar-refractivity contribution in [2.45, 2.75) is 0 Å². The Morgan fingerprint density at radius 3 is 2.44 bits per heavy atom. The van der Waals surface area contributed by atoms with Crippen LogP contribution in [0.15, 0.2) is 12.4 Å². The fourth-order valence-electron chi connectivity index (χ4n) is 0.701. The third kappa shape index (κ3) is 3.04. The molecule has 1 aromatic heterocycles. The second-order valence-corrected chi connectivity index (χ2v) is 2.97. The summed E-state index contributed by atoms with van der Waals surface area (Å²) in [5.74, 6) is 0.0702. The van der Waals surface area contributed by atoms with Crippen LogP contribution in [0.5, 0.6) is 0 Å². The number of nitro groups is 1. The quantitative estimate of drug-likeness (QED) is 0.553. The molecule has 0 aliphatic heterocycles. The van der Waals surface area contributed by atoms with E-state index in [2.05, 4.69) is 20.8 Å². The predicted molar refractivity (Wildman–Crippen MR) is 54.5 cm³/mol. The topological polar surface area (TPSA) is 113 Å². The molecular weight excluding hydrogens is 216 g/mol. The van der Waals surface area contributed by atoms with Crippen LogP contribution >= 0.6 is 0 Å². The van der Waals surface area contributed by atoms with Crippen molar-refractivity contribution in [3.8, 4) is 0 Å². The van der Waals surface area contributed by atoms with Gasteiger partial charge in [0.05, 0.1) is 4.92 Å². The first-order chi connectivity index (χ1) is 7.50. The monoisotopic (exact) mass is 226 g/mol. The zero-order valence-electron chi connectivity index (χ0n) is 8.67. The molecule has 1 rings (SSSR count). The molecule has 0 bridgehead atoms. The van der Waals surface area contributed by atoms with Gasteiger partial charge in [-0.25, -0.2) is 20.2 Å². The lowest BCUT2D eigenvalue weighted by molar-refractivity contribution is -0.385. The summed E-state index contributed by atoms with van der Waals surface area (Å²) >= 11 is 0. The molecule has 0 aliphatic carbocycles. The number of carbonyl (C=O) groups is 1. The minimum Gasteiger partial charge on any atom is -0.330 e. The van der Waals surface area contributed by atoms with Gasteiger partial charge in [-0.2, -0.15) is 0 Å². The van der Waals surface area contributed by atoms with Gasteiger partial charge in [-0.05, 0) is 0 Å². The third-order valence-corrected chi connectivity index (χ3v) is 1.54. The van der Waals surface area contributed by atoms with E-state index < -0.39 is 4.92 Å². The van der Waals surface area contributed by atoms with Gasteiger partial charge >= 0.3 is 11.7 Å². The molecule has 16 heavy (non-hydrogen) atoms. The molecule has 9 heteroatoms. The van der Waals surface area contributed by atoms with Gasteiger partial charge in [-0.3, -0.25) is 15.5 Å². The first kappa shape index (κ1) is 11.6. The summed E-state index contributed by atoms with van der Waals surface area (Å²) in [4.78, 5) is 29.3. The van der Waals surface area contributed by atoms with Gasteiger partial charge in [0.25, 0.3) is 0 Å². The highest BCUT2D eigenvalue weighted by Crippen LogP contribution is 2.07. The van der Waals surface area contributed by atoms with E-state index in [9.17, 15) is 14.9 Å². The summed E-state index contributed by atoms with van der Waals surface area (Å²) in [6.45, 7) is 0. The zero-order chi connectivity index (χ0) is 12.1. The first-order valence-electron chi connectivity index (χ1n) is 4.20. The lowest BCUT2D eigenvalue weighted by Crippen LogP contribution is -2.38. The van der Waals surface area contributed by atoms with Crippen molar-refractivity contribution < 1.29 is 9.72 Å². The predicted octanol–water partition coefficient (Wildman–Crippen LogP) is -0.0171. The molecule has 1 heterocycles. The standard InChI is InChI=1S/C7H10N6O3/c1-12(2)7(14)11-10-6-8-3-5(4-9-6)13(15)16/h3-4H,1-2H3,(H,11,14)(H,8,9,10). The van der Waals surface area contributed by atoms with E-state index in [1.165, 1.54) is 4.90 Å². The fourth-order valence-corrected chi connectivity index (χ4v) is 0.701. The number of hydrazine groups is 1. The Kier molecular flexibility index (Phi) is 3.53. The number of urea groups is 1. The number of carbonyl (C=O) groups excluding carboxylic acids is 1. The summed E-state index contributed by atoms with van der Waals surface area (Å²) in [6.07, 6.45) is 2.08. The Morgan fingerprint density at radius 2 is 2.00 bits per heavy atom. The summed E-state index contributed by atoms with van der Waals surface area (Å²) in [5.41, 5.74) is 4.48. The summed E-state index contributed by atoms with van der Waals surface area (Å²) in [6, 6.07) is -0.387. The molecule has 0 spiro atoms. The van der Waals surface area contributed by atoms with Crippen LogP contribution in [0.3, 0.4) is 0 Å². The maximum Gasteiger partial charge on any atom is 0.335 e. The summed E-state index contributed by atoms with van der Waals surface area (Å²) in [7, 11) is 3.13. The van der Waals surface area contributed by atoms with E-state index in [1.807, 2.05) is 0 Å². The highest BCUT2D eigenvalue weighted by atomic mass is 16.6. The molecule has 0 unspecified atom stereocenters. The molecule has 0 saturated heterocycles. The second-order valence-electron chi connectivity index (χ2n) is 2.97. The van der Waals surface area contributed by atoms with Crippen LogP contribution in [0.1, 0.15) is 0 Å². The van der Waals surface area contributed by atoms with Crippen LogP contribution in [0.2, 0.25) is 0 Å². The minimum atomic E-state index is -0.609. The Balaban J connectivity index is 2.56. The van der Waals surface area contributed by atoms with E-state index in [0.717, 1.165) is 12.4 Å². The van der Waals surface area contributed by atoms with Crippen molar-refractivity contribution in [2.24, 2.45) is 0 Å². The van der Waals surface area contributed by atoms with E-state index >= 15 is 0 Å². The Bertz CT molecular complexity index is 390. The first-order valence-corrected chi connectivity index (χ1v) is 4.20. The number of hydrogen-bond acceptors (Lipinski definition) is 6. The molecule has 0 aromatic carbocycles. The number of hydrogen-bond donors (Lipinski definition) is 2. The van der Waals surface area contributed by atoms with Crippen LogP contribution in [-0.2, 0) is 0 Å². The van der Waals surface area contributed by atoms with Gasteiger partial charge in [0.2, 0.25) is 5.95 Å². The highest BCUT2D eigenvalue weighted by Gasteiger charge is 2.07. The van der Waals surface area contributed by atoms with Crippen molar-refractivity contribution in [3.63, 3.8) is 0 Å². The van der Waals surface area contributed by atoms with Crippen molar-refractivity contribution in [3.05, 3.63) is 22.5 Å². The smallest absolute Gasteiger partial charge is 0.330 e. The number of amides is 2. The zero-order valence-corrected chi connectivity index (χ0v) is 8.67. The third-order valence-electron chi connectivity index (χ3n) is 1.54. The molecule has 9 nitrogen and oxygen atoms in total. The molecular formula is C7H10N6O3. The minimum absolute atomic E-state index is 0.0702. The Morgan fingerprint density at radius 1 is 1.44 bits per heavy atom. The highest BCUT2D eigenvalue weighted by molar-refractivity contribution is 5.74. The van der Waals surface area contributed by atoms with Crippen LogP contribution in [0, 0.1) is 10.1 Å². The average molecular weight is 226 g/mol. The van der Waals surface area contributed by atoms with Gasteiger partial charge in [-0.15, -0.1) is 0 Å². The van der Waals surface area contributed by atoms with E-state index in [4.69, 9.17) is 0 Å². The van der Waals surface area contributed by atoms with Crippen LogP contribution in [0.25, 0.3) is 0 Å². The van der Waals surface area contributed by atoms with Crippen molar-refractivity contribution >= 4 is 17.7 Å².